The lowest BCUT2D eigenvalue weighted by Gasteiger charge is -2.17. The first kappa shape index (κ1) is 9.19. The second-order valence-corrected chi connectivity index (χ2v) is 4.56. The maximum absolute atomic E-state index is 10.0. The van der Waals surface area contributed by atoms with E-state index in [2.05, 4.69) is 18.3 Å². The lowest BCUT2D eigenvalue weighted by Crippen LogP contribution is -2.28. The van der Waals surface area contributed by atoms with Gasteiger partial charge in [0.2, 0.25) is 0 Å². The summed E-state index contributed by atoms with van der Waals surface area (Å²) in [6, 6.07) is 2.34. The van der Waals surface area contributed by atoms with Crippen molar-refractivity contribution >= 4 is 11.3 Å². The van der Waals surface area contributed by atoms with Crippen molar-refractivity contribution < 1.29 is 5.11 Å². The fourth-order valence-corrected chi connectivity index (χ4v) is 2.83. The Morgan fingerprint density at radius 1 is 1.69 bits per heavy atom. The van der Waals surface area contributed by atoms with Crippen molar-refractivity contribution in [2.45, 2.75) is 31.9 Å². The third kappa shape index (κ3) is 1.77. The van der Waals surface area contributed by atoms with E-state index in [0.29, 0.717) is 0 Å². The first-order chi connectivity index (χ1) is 6.29. The molecule has 1 aromatic rings. The predicted molar refractivity (Wildman–Crippen MR) is 55.0 cm³/mol. The SMILES string of the molecule is Cc1ccsc1C(O)C1CCCN1. The maximum Gasteiger partial charge on any atom is 0.104 e. The predicted octanol–water partition coefficient (Wildman–Crippen LogP) is 1.84. The van der Waals surface area contributed by atoms with E-state index in [9.17, 15) is 5.11 Å². The fourth-order valence-electron chi connectivity index (χ4n) is 1.85. The molecule has 13 heavy (non-hydrogen) atoms. The van der Waals surface area contributed by atoms with Crippen molar-refractivity contribution in [3.05, 3.63) is 21.9 Å². The van der Waals surface area contributed by atoms with Crippen LogP contribution < -0.4 is 5.32 Å². The van der Waals surface area contributed by atoms with Gasteiger partial charge < -0.3 is 10.4 Å². The highest BCUT2D eigenvalue weighted by Gasteiger charge is 2.25. The molecule has 1 saturated heterocycles. The van der Waals surface area contributed by atoms with Crippen LogP contribution in [0.3, 0.4) is 0 Å². The van der Waals surface area contributed by atoms with E-state index >= 15 is 0 Å². The zero-order valence-electron chi connectivity index (χ0n) is 7.79. The lowest BCUT2D eigenvalue weighted by atomic mass is 10.1. The van der Waals surface area contributed by atoms with Crippen LogP contribution in [-0.4, -0.2) is 17.7 Å². The highest BCUT2D eigenvalue weighted by molar-refractivity contribution is 7.10. The van der Waals surface area contributed by atoms with Crippen molar-refractivity contribution in [1.29, 1.82) is 0 Å². The van der Waals surface area contributed by atoms with E-state index < -0.39 is 0 Å². The highest BCUT2D eigenvalue weighted by Crippen LogP contribution is 2.29. The Bertz CT molecular complexity index is 278. The molecule has 2 nitrogen and oxygen atoms in total. The second kappa shape index (κ2) is 3.78. The van der Waals surface area contributed by atoms with Crippen LogP contribution in [0.2, 0.25) is 0 Å². The zero-order chi connectivity index (χ0) is 9.26. The lowest BCUT2D eigenvalue weighted by molar-refractivity contribution is 0.140. The van der Waals surface area contributed by atoms with Crippen molar-refractivity contribution in [2.75, 3.05) is 6.54 Å². The number of thiophene rings is 1. The summed E-state index contributed by atoms with van der Waals surface area (Å²) in [6.07, 6.45) is 1.98. The Labute approximate surface area is 82.6 Å². The van der Waals surface area contributed by atoms with E-state index in [-0.39, 0.29) is 12.1 Å². The van der Waals surface area contributed by atoms with Gasteiger partial charge >= 0.3 is 0 Å². The number of aliphatic hydroxyl groups is 1. The van der Waals surface area contributed by atoms with Gasteiger partial charge in [0.25, 0.3) is 0 Å². The van der Waals surface area contributed by atoms with Gasteiger partial charge in [-0.15, -0.1) is 11.3 Å². The normalized spacial score (nSPS) is 24.9. The minimum absolute atomic E-state index is 0.275. The highest BCUT2D eigenvalue weighted by atomic mass is 32.1. The van der Waals surface area contributed by atoms with Gasteiger partial charge in [-0.3, -0.25) is 0 Å². The van der Waals surface area contributed by atoms with Crippen LogP contribution in [0, 0.1) is 6.92 Å². The first-order valence-corrected chi connectivity index (χ1v) is 5.62. The van der Waals surface area contributed by atoms with Gasteiger partial charge in [-0.1, -0.05) is 0 Å². The van der Waals surface area contributed by atoms with Gasteiger partial charge in [-0.05, 0) is 43.3 Å². The number of rotatable bonds is 2. The molecule has 72 valence electrons. The molecular formula is C10H15NOS. The number of nitrogens with one attached hydrogen (secondary N) is 1. The number of aryl methyl sites for hydroxylation is 1. The third-order valence-electron chi connectivity index (χ3n) is 2.65. The summed E-state index contributed by atoms with van der Waals surface area (Å²) in [7, 11) is 0. The average Bonchev–Trinajstić information content (AvgIpc) is 2.72. The minimum atomic E-state index is -0.303. The van der Waals surface area contributed by atoms with E-state index in [0.717, 1.165) is 17.8 Å². The van der Waals surface area contributed by atoms with Crippen LogP contribution in [0.15, 0.2) is 11.4 Å². The van der Waals surface area contributed by atoms with Crippen molar-refractivity contribution in [3.8, 4) is 0 Å². The molecule has 0 aliphatic carbocycles. The summed E-state index contributed by atoms with van der Waals surface area (Å²) in [4.78, 5) is 1.12. The van der Waals surface area contributed by atoms with Crippen LogP contribution in [0.5, 0.6) is 0 Å². The van der Waals surface area contributed by atoms with Crippen LogP contribution >= 0.6 is 11.3 Å². The molecule has 2 N–H and O–H groups in total. The minimum Gasteiger partial charge on any atom is -0.386 e. The van der Waals surface area contributed by atoms with Crippen LogP contribution in [0.4, 0.5) is 0 Å². The molecule has 0 aromatic carbocycles. The largest absolute Gasteiger partial charge is 0.386 e. The van der Waals surface area contributed by atoms with E-state index in [1.165, 1.54) is 12.0 Å². The summed E-state index contributed by atoms with van der Waals surface area (Å²) in [6.45, 7) is 3.11. The van der Waals surface area contributed by atoms with Crippen molar-refractivity contribution in [1.82, 2.24) is 5.32 Å². The molecule has 0 spiro atoms. The molecule has 2 rings (SSSR count). The molecule has 2 heterocycles. The Morgan fingerprint density at radius 3 is 3.08 bits per heavy atom. The standard InChI is InChI=1S/C10H15NOS/c1-7-4-6-13-10(7)9(12)8-3-2-5-11-8/h4,6,8-9,11-12H,2-3,5H2,1H3. The molecule has 0 saturated carbocycles. The summed E-state index contributed by atoms with van der Waals surface area (Å²) >= 11 is 1.65. The van der Waals surface area contributed by atoms with Crippen molar-refractivity contribution in [3.63, 3.8) is 0 Å². The van der Waals surface area contributed by atoms with Crippen LogP contribution in [0.25, 0.3) is 0 Å². The zero-order valence-corrected chi connectivity index (χ0v) is 8.60. The van der Waals surface area contributed by atoms with E-state index in [4.69, 9.17) is 0 Å². The maximum atomic E-state index is 10.0. The topological polar surface area (TPSA) is 32.3 Å². The summed E-state index contributed by atoms with van der Waals surface area (Å²) in [5, 5.41) is 15.4. The first-order valence-electron chi connectivity index (χ1n) is 4.74. The Hall–Kier alpha value is -0.380. The molecule has 2 unspecified atom stereocenters. The molecule has 1 fully saturated rings. The average molecular weight is 197 g/mol. The third-order valence-corrected chi connectivity index (χ3v) is 3.74. The van der Waals surface area contributed by atoms with Crippen LogP contribution in [-0.2, 0) is 0 Å². The molecule has 0 bridgehead atoms. The Morgan fingerprint density at radius 2 is 2.54 bits per heavy atom. The molecule has 1 aliphatic rings. The number of hydrogen-bond donors (Lipinski definition) is 2. The number of hydrogen-bond acceptors (Lipinski definition) is 3. The molecular weight excluding hydrogens is 182 g/mol. The quantitative estimate of drug-likeness (QED) is 0.758. The molecule has 1 aliphatic heterocycles. The molecule has 1 aromatic heterocycles. The second-order valence-electron chi connectivity index (χ2n) is 3.62. The number of aliphatic hydroxyl groups excluding tert-OH is 1. The van der Waals surface area contributed by atoms with E-state index in [1.807, 2.05) is 5.38 Å². The summed E-state index contributed by atoms with van der Waals surface area (Å²) in [5.74, 6) is 0. The Kier molecular flexibility index (Phi) is 2.67. The van der Waals surface area contributed by atoms with Gasteiger partial charge in [-0.2, -0.15) is 0 Å². The van der Waals surface area contributed by atoms with Gasteiger partial charge in [0, 0.05) is 10.9 Å². The monoisotopic (exact) mass is 197 g/mol. The van der Waals surface area contributed by atoms with E-state index in [1.54, 1.807) is 11.3 Å². The molecule has 3 heteroatoms. The summed E-state index contributed by atoms with van der Waals surface area (Å²) in [5.41, 5.74) is 1.21. The Balaban J connectivity index is 2.12. The van der Waals surface area contributed by atoms with Crippen LogP contribution in [0.1, 0.15) is 29.4 Å². The van der Waals surface area contributed by atoms with Crippen molar-refractivity contribution in [2.24, 2.45) is 0 Å². The molecule has 0 radical (unpaired) electrons. The molecule has 2 atom stereocenters. The van der Waals surface area contributed by atoms with Gasteiger partial charge in [0.1, 0.15) is 6.10 Å². The van der Waals surface area contributed by atoms with Gasteiger partial charge in [0.15, 0.2) is 0 Å². The summed E-state index contributed by atoms with van der Waals surface area (Å²) < 4.78 is 0. The molecule has 0 amide bonds. The smallest absolute Gasteiger partial charge is 0.104 e. The fraction of sp³-hybridized carbons (Fsp3) is 0.600. The van der Waals surface area contributed by atoms with Gasteiger partial charge in [0.05, 0.1) is 0 Å². The van der Waals surface area contributed by atoms with Gasteiger partial charge in [-0.25, -0.2) is 0 Å².